The summed E-state index contributed by atoms with van der Waals surface area (Å²) in [5, 5.41) is 46.7. The summed E-state index contributed by atoms with van der Waals surface area (Å²) in [5.41, 5.74) is 8.11. The van der Waals surface area contributed by atoms with Crippen LogP contribution in [0.1, 0.15) is 46.2 Å². The second-order valence-corrected chi connectivity index (χ2v) is 39.5. The van der Waals surface area contributed by atoms with Crippen molar-refractivity contribution in [2.75, 3.05) is 0 Å². The van der Waals surface area contributed by atoms with Gasteiger partial charge in [-0.15, -0.1) is 45.3 Å². The Bertz CT molecular complexity index is 7720. The zero-order valence-electron chi connectivity index (χ0n) is 67.3. The monoisotopic (exact) mass is 1830 g/mol. The summed E-state index contributed by atoms with van der Waals surface area (Å²) in [6.45, 7) is 8.42. The highest BCUT2D eigenvalue weighted by Gasteiger charge is 2.52. The molecule has 8 nitrogen and oxygen atoms in total. The Morgan fingerprint density at radius 2 is 0.669 bits per heavy atom. The number of halogens is 2. The molecule has 1 aliphatic heterocycles. The molecule has 0 radical (unpaired) electrons. The molecular formula is C108H80BBr2N2O6PS4. The maximum Gasteiger partial charge on any atom is 0.495 e. The molecular weight excluding hydrogens is 1750 g/mol. The van der Waals surface area contributed by atoms with E-state index in [2.05, 4.69) is 363 Å². The minimum Gasteiger partial charge on any atom is -0.399 e. The van der Waals surface area contributed by atoms with Gasteiger partial charge in [-0.25, -0.2) is 0 Å². The van der Waals surface area contributed by atoms with E-state index in [0.717, 1.165) is 32.9 Å². The van der Waals surface area contributed by atoms with Crippen LogP contribution in [-0.2, 0) is 15.7 Å². The van der Waals surface area contributed by atoms with Crippen molar-refractivity contribution in [1.82, 2.24) is 0 Å². The third-order valence-electron chi connectivity index (χ3n) is 23.4. The van der Waals surface area contributed by atoms with Crippen molar-refractivity contribution >= 4 is 249 Å². The molecule has 0 atom stereocenters. The molecule has 0 N–H and O–H groups in total. The van der Waals surface area contributed by atoms with E-state index in [-0.39, 0.29) is 42.0 Å². The van der Waals surface area contributed by atoms with E-state index >= 15 is 0 Å². The van der Waals surface area contributed by atoms with E-state index in [1.165, 1.54) is 157 Å². The van der Waals surface area contributed by atoms with Crippen LogP contribution in [-0.4, -0.2) is 28.2 Å². The lowest BCUT2D eigenvalue weighted by Gasteiger charge is -2.32. The SMILES string of the molecule is Brc1cc2sc3ccccc3c2c2ccccc12.C.CC1(C)OB(c2cc3sc4ccccc4c3c3ccccc23)OC1(C)C.O=[N+]([O-])c1ccccc1-c1cc2sc3ccccc3c2c2ccccc12.O=[N+]([O-])c1ccccc1Br.c1ccc(P(c2ccccc2)c2ccccc2)cc1.c1ccc2c(c1)Cc1c-2c2ccccc2c2c1sc1ccccc12. The van der Waals surface area contributed by atoms with Crippen LogP contribution in [0.25, 0.3) is 146 Å². The number of thiophene rings is 4. The number of hydrogen-bond donors (Lipinski definition) is 0. The molecule has 18 aromatic carbocycles. The lowest BCUT2D eigenvalue weighted by Crippen LogP contribution is -2.41. The van der Waals surface area contributed by atoms with Gasteiger partial charge in [-0.1, -0.05) is 333 Å². The third kappa shape index (κ3) is 15.8. The summed E-state index contributed by atoms with van der Waals surface area (Å²) in [7, 11) is -0.794. The topological polar surface area (TPSA) is 105 Å². The molecule has 16 heteroatoms. The van der Waals surface area contributed by atoms with Gasteiger partial charge in [-0.2, -0.15) is 0 Å². The van der Waals surface area contributed by atoms with E-state index in [0.29, 0.717) is 10.0 Å². The van der Waals surface area contributed by atoms with Gasteiger partial charge in [0.2, 0.25) is 0 Å². The van der Waals surface area contributed by atoms with Gasteiger partial charge in [-0.3, -0.25) is 20.2 Å². The number of nitrogens with zero attached hydrogens (tertiary/aromatic N) is 2. The largest absolute Gasteiger partial charge is 0.495 e. The molecule has 604 valence electrons. The number of benzene rings is 18. The summed E-state index contributed by atoms with van der Waals surface area (Å²) in [4.78, 5) is 21.0. The van der Waals surface area contributed by atoms with E-state index in [1.54, 1.807) is 41.7 Å². The number of para-hydroxylation sites is 2. The van der Waals surface area contributed by atoms with Crippen LogP contribution in [0.2, 0.25) is 0 Å². The Morgan fingerprint density at radius 3 is 1.15 bits per heavy atom. The molecule has 0 unspecified atom stereocenters. The van der Waals surface area contributed by atoms with Crippen LogP contribution in [0.4, 0.5) is 11.4 Å². The molecule has 1 fully saturated rings. The van der Waals surface area contributed by atoms with Crippen molar-refractivity contribution in [3.05, 3.63) is 416 Å². The van der Waals surface area contributed by atoms with E-state index < -0.39 is 12.8 Å². The minimum absolute atomic E-state index is 0. The van der Waals surface area contributed by atoms with Crippen LogP contribution >= 0.6 is 85.1 Å². The maximum atomic E-state index is 11.5. The summed E-state index contributed by atoms with van der Waals surface area (Å²) >= 11 is 14.1. The van der Waals surface area contributed by atoms with Gasteiger partial charge < -0.3 is 9.31 Å². The fourth-order valence-electron chi connectivity index (χ4n) is 17.1. The first-order valence-electron chi connectivity index (χ1n) is 40.5. The van der Waals surface area contributed by atoms with Crippen molar-refractivity contribution in [1.29, 1.82) is 0 Å². The number of nitro benzene ring substituents is 2. The van der Waals surface area contributed by atoms with Crippen molar-refractivity contribution in [2.24, 2.45) is 0 Å². The lowest BCUT2D eigenvalue weighted by atomic mass is 9.75. The predicted molar refractivity (Wildman–Crippen MR) is 544 cm³/mol. The van der Waals surface area contributed by atoms with Gasteiger partial charge in [-0.05, 0) is 198 Å². The number of hydrogen-bond acceptors (Lipinski definition) is 10. The van der Waals surface area contributed by atoms with Gasteiger partial charge in [0.1, 0.15) is 0 Å². The van der Waals surface area contributed by atoms with E-state index in [1.807, 2.05) is 70.4 Å². The maximum absolute atomic E-state index is 11.5. The first-order valence-corrected chi connectivity index (χ1v) is 46.7. The fraction of sp³-hybridized carbons (Fsp3) is 0.0741. The van der Waals surface area contributed by atoms with Gasteiger partial charge in [0, 0.05) is 104 Å². The number of rotatable bonds is 7. The smallest absolute Gasteiger partial charge is 0.399 e. The molecule has 1 saturated heterocycles. The highest BCUT2D eigenvalue weighted by atomic mass is 79.9. The van der Waals surface area contributed by atoms with Crippen molar-refractivity contribution in [2.45, 2.75) is 52.7 Å². The van der Waals surface area contributed by atoms with Gasteiger partial charge in [0.05, 0.1) is 31.1 Å². The van der Waals surface area contributed by atoms with Crippen LogP contribution in [0.5, 0.6) is 0 Å². The first-order chi connectivity index (χ1) is 60.0. The third-order valence-corrected chi connectivity index (χ3v) is 31.8. The highest BCUT2D eigenvalue weighted by molar-refractivity contribution is 9.11. The molecule has 1 aliphatic carbocycles. The highest BCUT2D eigenvalue weighted by Crippen LogP contribution is 2.52. The zero-order valence-corrected chi connectivity index (χ0v) is 74.6. The first kappa shape index (κ1) is 83.0. The Labute approximate surface area is 752 Å². The zero-order chi connectivity index (χ0) is 84.0. The normalized spacial score (nSPS) is 12.9. The average Bonchev–Trinajstić information content (AvgIpc) is 1.55. The standard InChI is InChI=1S/C23H14S.C22H21BO2S.C22H13NO2S.C18H15P.C16H9BrS.C6H4BrNO2.CH4/c1-2-8-15-14(7-1)13-19-21(15)16-9-3-4-10-17(16)22-18-11-5-6-12-20(18)24-23(19)22;1-21(2)22(3,4)25-23(24-21)17-13-19-20(15-10-6-5-9-14(15)17)16-11-7-8-12-18(16)26-19;24-23(25)19-11-5-3-8-15(19)18-13-21-22(16-9-2-1-7-14(16)18)17-10-4-6-12-20(17)26-21;1-4-10-16(11-5-1)19(17-12-6-2-7-13-17)18-14-8-3-9-15-18;17-13-9-15-16(11-6-2-1-5-10(11)13)12-7-3-4-8-14(12)18-15;7-5-3-1-2-4-6(5)8(9)10;/h1-12H,13H2;5-13H,1-4H3;1-13H;1-15H;1-9H;1-4H;1H4. The summed E-state index contributed by atoms with van der Waals surface area (Å²) < 4.78 is 25.0. The van der Waals surface area contributed by atoms with Crippen molar-refractivity contribution < 1.29 is 19.2 Å². The number of fused-ring (bicyclic) bond motifs is 25. The molecule has 5 heterocycles. The Hall–Kier alpha value is -11.9. The minimum atomic E-state index is -0.446. The quantitative estimate of drug-likeness (QED) is 0.0681. The fourth-order valence-corrected chi connectivity index (χ4v) is 25.3. The van der Waals surface area contributed by atoms with Crippen molar-refractivity contribution in [3.63, 3.8) is 0 Å². The summed E-state index contributed by atoms with van der Waals surface area (Å²) in [5.74, 6) is 0. The molecule has 0 saturated carbocycles. The van der Waals surface area contributed by atoms with Crippen molar-refractivity contribution in [3.8, 4) is 22.3 Å². The molecule has 0 bridgehead atoms. The van der Waals surface area contributed by atoms with Crippen LogP contribution in [0, 0.1) is 20.2 Å². The number of nitro groups is 2. The Kier molecular flexibility index (Phi) is 23.7. The van der Waals surface area contributed by atoms with Gasteiger partial charge >= 0.3 is 7.12 Å². The Morgan fingerprint density at radius 1 is 0.323 bits per heavy atom. The lowest BCUT2D eigenvalue weighted by molar-refractivity contribution is -0.385. The van der Waals surface area contributed by atoms with Gasteiger partial charge in [0.15, 0.2) is 0 Å². The molecule has 22 aromatic rings. The molecule has 0 spiro atoms. The van der Waals surface area contributed by atoms with Crippen LogP contribution in [0.3, 0.4) is 0 Å². The average molecular weight is 1830 g/mol. The predicted octanol–water partition coefficient (Wildman–Crippen LogP) is 31.5. The van der Waals surface area contributed by atoms with E-state index in [4.69, 9.17) is 9.31 Å². The molecule has 124 heavy (non-hydrogen) atoms. The van der Waals surface area contributed by atoms with Crippen LogP contribution < -0.4 is 21.4 Å². The molecule has 0 amide bonds. The summed E-state index contributed by atoms with van der Waals surface area (Å²) in [6.07, 6.45) is 1.06. The second kappa shape index (κ2) is 35.4. The molecule has 24 rings (SSSR count). The molecule has 2 aliphatic rings. The van der Waals surface area contributed by atoms with Gasteiger partial charge in [0.25, 0.3) is 11.4 Å². The second-order valence-electron chi connectivity index (χ2n) is 31.2. The van der Waals surface area contributed by atoms with E-state index in [9.17, 15) is 20.2 Å². The Balaban J connectivity index is 0.000000103. The summed E-state index contributed by atoms with van der Waals surface area (Å²) in [6, 6.07) is 130. The molecule has 4 aromatic heterocycles. The van der Waals surface area contributed by atoms with Crippen LogP contribution in [0.15, 0.2) is 385 Å².